The van der Waals surface area contributed by atoms with Crippen LogP contribution < -0.4 is 26.7 Å². The minimum atomic E-state index is -2.06. The number of aliphatic hydroxyl groups excluding tert-OH is 8. The molecule has 0 aliphatic heterocycles. The summed E-state index contributed by atoms with van der Waals surface area (Å²) >= 11 is 0. The first kappa shape index (κ1) is 50.3. The predicted molar refractivity (Wildman–Crippen MR) is 189 cm³/mol. The molecular weight excluding hydrogens is 670 g/mol. The fourth-order valence-corrected chi connectivity index (χ4v) is 4.25. The molecule has 0 radical (unpaired) electrons. The van der Waals surface area contributed by atoms with Crippen LogP contribution in [0.15, 0.2) is 0 Å². The molecule has 14 N–H and O–H groups in total. The van der Waals surface area contributed by atoms with Gasteiger partial charge in [0.1, 0.15) is 24.4 Å². The number of nitrogens with one attached hydrogen (secondary N) is 4. The Morgan fingerprint density at radius 2 is 0.824 bits per heavy atom. The highest BCUT2D eigenvalue weighted by Crippen LogP contribution is 2.20. The Morgan fingerprint density at radius 1 is 0.510 bits per heavy atom. The summed E-state index contributed by atoms with van der Waals surface area (Å²) in [5.41, 5.74) is 0.224. The third kappa shape index (κ3) is 22.7. The van der Waals surface area contributed by atoms with Gasteiger partial charge in [-0.1, -0.05) is 61.8 Å². The molecule has 0 aliphatic rings. The molecule has 0 saturated heterocycles. The van der Waals surface area contributed by atoms with Crippen molar-refractivity contribution in [3.8, 4) is 0 Å². The van der Waals surface area contributed by atoms with Crippen LogP contribution in [0.2, 0.25) is 0 Å². The van der Waals surface area contributed by atoms with Gasteiger partial charge in [0, 0.05) is 26.1 Å². The summed E-state index contributed by atoms with van der Waals surface area (Å²) in [6.45, 7) is 17.0. The fraction of sp³-hybridized carbons (Fsp3) is 0.853. The van der Waals surface area contributed by atoms with Crippen molar-refractivity contribution in [2.45, 2.75) is 156 Å². The van der Waals surface area contributed by atoms with Crippen molar-refractivity contribution < 1.29 is 65.4 Å². The van der Waals surface area contributed by atoms with Crippen molar-refractivity contribution in [1.29, 1.82) is 0 Å². The average molecular weight is 739 g/mol. The highest BCUT2D eigenvalue weighted by molar-refractivity contribution is 5.97. The van der Waals surface area contributed by atoms with Crippen molar-refractivity contribution >= 4 is 29.5 Å². The molecule has 17 heteroatoms. The lowest BCUT2D eigenvalue weighted by molar-refractivity contribution is -0.156. The van der Waals surface area contributed by atoms with Gasteiger partial charge in [0.15, 0.2) is 24.4 Å². The van der Waals surface area contributed by atoms with Gasteiger partial charge >= 0.3 is 5.91 Å². The smallest absolute Gasteiger partial charge is 0.338 e. The Kier molecular flexibility index (Phi) is 24.9. The molecule has 4 amide bonds. The molecule has 0 spiro atoms. The molecule has 0 aromatic heterocycles. The second-order valence-corrected chi connectivity index (χ2v) is 15.1. The zero-order valence-electron chi connectivity index (χ0n) is 31.7. The lowest BCUT2D eigenvalue weighted by Crippen LogP contribution is -2.58. The van der Waals surface area contributed by atoms with E-state index in [-0.39, 0.29) is 16.7 Å². The van der Waals surface area contributed by atoms with Gasteiger partial charge in [-0.05, 0) is 49.4 Å². The van der Waals surface area contributed by atoms with E-state index in [9.17, 15) is 60.0 Å². The quantitative estimate of drug-likeness (QED) is 0.0314. The molecule has 300 valence electrons. The number of rotatable bonds is 21. The molecule has 51 heavy (non-hydrogen) atoms. The predicted octanol–water partition coefficient (Wildman–Crippen LogP) is -3.26. The monoisotopic (exact) mass is 738 g/mol. The SMILES string of the molecule is CCCCC(=[NH2+])NC(=O)[C@H](O)[C@@H](O)[C@@H](O)[C@H](O)C(=O)NCCCC(C)(C)C.CCCNC(=O)[C@H](O)[C@@H](O)[C@@H](O)[C@H](O)C(=O)NCCCC(C)(C)C. The number of nitrogens with two attached hydrogens (primary N) is 1. The van der Waals surface area contributed by atoms with Crippen molar-refractivity contribution in [2.24, 2.45) is 10.8 Å². The van der Waals surface area contributed by atoms with E-state index in [2.05, 4.69) is 62.8 Å². The van der Waals surface area contributed by atoms with Gasteiger partial charge < -0.3 is 56.8 Å². The van der Waals surface area contributed by atoms with Gasteiger partial charge in [-0.25, -0.2) is 10.1 Å². The van der Waals surface area contributed by atoms with E-state index in [1.807, 2.05) is 13.8 Å². The van der Waals surface area contributed by atoms with Crippen LogP contribution in [0, 0.1) is 10.8 Å². The zero-order chi connectivity index (χ0) is 40.1. The van der Waals surface area contributed by atoms with Crippen LogP contribution in [0.4, 0.5) is 0 Å². The van der Waals surface area contributed by atoms with Crippen LogP contribution in [-0.4, -0.2) is 139 Å². The van der Waals surface area contributed by atoms with Crippen molar-refractivity contribution in [2.75, 3.05) is 19.6 Å². The molecular formula is C34H68N5O12+. The molecule has 0 aromatic rings. The second-order valence-electron chi connectivity index (χ2n) is 15.1. The maximum Gasteiger partial charge on any atom is 0.338 e. The number of carbonyl (C=O) groups is 4. The maximum atomic E-state index is 11.9. The van der Waals surface area contributed by atoms with E-state index in [0.717, 1.165) is 25.7 Å². The summed E-state index contributed by atoms with van der Waals surface area (Å²) in [6, 6.07) is 0. The molecule has 0 unspecified atom stereocenters. The van der Waals surface area contributed by atoms with Gasteiger partial charge in [-0.3, -0.25) is 19.8 Å². The summed E-state index contributed by atoms with van der Waals surface area (Å²) < 4.78 is 0. The van der Waals surface area contributed by atoms with E-state index >= 15 is 0 Å². The first-order chi connectivity index (χ1) is 23.4. The van der Waals surface area contributed by atoms with Gasteiger partial charge in [0.2, 0.25) is 5.84 Å². The number of amidine groups is 1. The largest absolute Gasteiger partial charge is 0.387 e. The molecule has 0 rings (SSSR count). The van der Waals surface area contributed by atoms with Crippen LogP contribution in [0.3, 0.4) is 0 Å². The van der Waals surface area contributed by atoms with E-state index in [1.54, 1.807) is 0 Å². The number of aliphatic hydroxyl groups is 8. The Morgan fingerprint density at radius 3 is 1.12 bits per heavy atom. The van der Waals surface area contributed by atoms with Gasteiger partial charge in [0.05, 0.1) is 0 Å². The Balaban J connectivity index is 0. The minimum absolute atomic E-state index is 0.104. The Labute approximate surface area is 302 Å². The zero-order valence-corrected chi connectivity index (χ0v) is 31.7. The number of hydrogen-bond acceptors (Lipinski definition) is 12. The molecule has 17 nitrogen and oxygen atoms in total. The van der Waals surface area contributed by atoms with Crippen LogP contribution in [0.1, 0.15) is 107 Å². The molecule has 0 heterocycles. The average Bonchev–Trinajstić information content (AvgIpc) is 3.06. The third-order valence-corrected chi connectivity index (χ3v) is 7.51. The first-order valence-corrected chi connectivity index (χ1v) is 17.6. The van der Waals surface area contributed by atoms with Gasteiger partial charge in [-0.2, -0.15) is 0 Å². The molecule has 0 saturated carbocycles. The molecule has 0 fully saturated rings. The number of hydrogen-bond donors (Lipinski definition) is 13. The summed E-state index contributed by atoms with van der Waals surface area (Å²) in [4.78, 5) is 47.0. The van der Waals surface area contributed by atoms with Gasteiger partial charge in [0.25, 0.3) is 17.7 Å². The highest BCUT2D eigenvalue weighted by atomic mass is 16.4. The molecule has 0 bridgehead atoms. The van der Waals surface area contributed by atoms with Crippen molar-refractivity contribution in [3.63, 3.8) is 0 Å². The molecule has 0 aromatic carbocycles. The third-order valence-electron chi connectivity index (χ3n) is 7.51. The lowest BCUT2D eigenvalue weighted by Gasteiger charge is -2.25. The molecule has 0 aliphatic carbocycles. The van der Waals surface area contributed by atoms with Crippen LogP contribution in [0.25, 0.3) is 0 Å². The Bertz CT molecular complexity index is 1050. The van der Waals surface area contributed by atoms with Crippen LogP contribution >= 0.6 is 0 Å². The second kappa shape index (κ2) is 25.2. The van der Waals surface area contributed by atoms with E-state index in [1.165, 1.54) is 0 Å². The van der Waals surface area contributed by atoms with Crippen molar-refractivity contribution in [3.05, 3.63) is 0 Å². The summed E-state index contributed by atoms with van der Waals surface area (Å²) in [6.07, 6.45) is -10.2. The molecule has 8 atom stereocenters. The van der Waals surface area contributed by atoms with E-state index in [4.69, 9.17) is 5.41 Å². The number of amides is 4. The standard InChI is InChI=1S/C18H35N3O6.C16H32N2O6/c1-5-6-8-11(19)21-17(27)15(25)13(23)12(22)14(24)16(26)20-10-7-9-18(2,3)4;1-5-8-17-14(23)12(21)10(19)11(20)13(22)15(24)18-9-6-7-16(2,3)4/h12-15,22-25H,5-10H2,1-4H3,(H,20,26)(H2,19,21,27);10-13,19-22H,5-9H2,1-4H3,(H,17,23)(H,18,24)/p+1/t12-,13+,14+,15-;10-,11+,12+,13-/m10/s1. The summed E-state index contributed by atoms with van der Waals surface area (Å²) in [7, 11) is 0. The highest BCUT2D eigenvalue weighted by Gasteiger charge is 2.39. The minimum Gasteiger partial charge on any atom is -0.387 e. The van der Waals surface area contributed by atoms with Crippen LogP contribution in [0.5, 0.6) is 0 Å². The Hall–Kier alpha value is -2.77. The van der Waals surface area contributed by atoms with Crippen LogP contribution in [-0.2, 0) is 19.2 Å². The lowest BCUT2D eigenvalue weighted by atomic mass is 9.90. The maximum absolute atomic E-state index is 11.9. The van der Waals surface area contributed by atoms with Crippen molar-refractivity contribution in [1.82, 2.24) is 21.3 Å². The number of unbranched alkanes of at least 4 members (excludes halogenated alkanes) is 1. The summed E-state index contributed by atoms with van der Waals surface area (Å²) in [5.74, 6) is -3.53. The first-order valence-electron chi connectivity index (χ1n) is 17.6. The fourth-order valence-electron chi connectivity index (χ4n) is 4.25. The van der Waals surface area contributed by atoms with E-state index < -0.39 is 72.5 Å². The normalized spacial score (nSPS) is 16.5. The van der Waals surface area contributed by atoms with Gasteiger partial charge in [-0.15, -0.1) is 0 Å². The number of carbonyl (C=O) groups excluding carboxylic acids is 4. The topological polar surface area (TPSA) is 304 Å². The summed E-state index contributed by atoms with van der Waals surface area (Å²) in [5, 5.41) is 93.5. The van der Waals surface area contributed by atoms with E-state index in [0.29, 0.717) is 45.3 Å².